The van der Waals surface area contributed by atoms with Crippen LogP contribution in [0.4, 0.5) is 0 Å². The Kier molecular flexibility index (Phi) is 5.40. The monoisotopic (exact) mass is 318 g/mol. The van der Waals surface area contributed by atoms with Crippen molar-refractivity contribution in [3.8, 4) is 0 Å². The summed E-state index contributed by atoms with van der Waals surface area (Å²) in [6.07, 6.45) is 2.88. The van der Waals surface area contributed by atoms with Crippen LogP contribution in [-0.2, 0) is 21.3 Å². The first-order chi connectivity index (χ1) is 9.53. The molecule has 7 heteroatoms. The van der Waals surface area contributed by atoms with Gasteiger partial charge in [-0.15, -0.1) is 0 Å². The van der Waals surface area contributed by atoms with Gasteiger partial charge >= 0.3 is 0 Å². The van der Waals surface area contributed by atoms with Crippen LogP contribution >= 0.6 is 11.6 Å². The first-order valence-electron chi connectivity index (χ1n) is 6.62. The standard InChI is InChI=1S/C13H19ClN2O3S/c14-12-8-10(9-15)3-4-13(12)20(17,18)16-6-5-11-2-1-7-19-11/h3-4,8,11,16H,1-2,5-7,9,15H2. The molecule has 1 unspecified atom stereocenters. The number of hydrogen-bond acceptors (Lipinski definition) is 4. The highest BCUT2D eigenvalue weighted by Gasteiger charge is 2.20. The van der Waals surface area contributed by atoms with E-state index in [9.17, 15) is 8.42 Å². The Morgan fingerprint density at radius 2 is 2.25 bits per heavy atom. The highest BCUT2D eigenvalue weighted by atomic mass is 35.5. The molecule has 5 nitrogen and oxygen atoms in total. The average Bonchev–Trinajstić information content (AvgIpc) is 2.91. The van der Waals surface area contributed by atoms with E-state index in [-0.39, 0.29) is 16.0 Å². The van der Waals surface area contributed by atoms with Crippen LogP contribution < -0.4 is 10.5 Å². The van der Waals surface area contributed by atoms with Gasteiger partial charge in [0.15, 0.2) is 0 Å². The zero-order chi connectivity index (χ0) is 14.6. The second kappa shape index (κ2) is 6.87. The topological polar surface area (TPSA) is 81.4 Å². The van der Waals surface area contributed by atoms with Gasteiger partial charge in [0, 0.05) is 19.7 Å². The van der Waals surface area contributed by atoms with Gasteiger partial charge in [0.05, 0.1) is 11.1 Å². The molecule has 1 atom stereocenters. The van der Waals surface area contributed by atoms with Crippen LogP contribution in [0, 0.1) is 0 Å². The summed E-state index contributed by atoms with van der Waals surface area (Å²) >= 11 is 6.00. The molecule has 0 bridgehead atoms. The van der Waals surface area contributed by atoms with E-state index < -0.39 is 10.0 Å². The molecule has 0 amide bonds. The maximum Gasteiger partial charge on any atom is 0.242 e. The van der Waals surface area contributed by atoms with E-state index >= 15 is 0 Å². The summed E-state index contributed by atoms with van der Waals surface area (Å²) in [5, 5.41) is 0.192. The lowest BCUT2D eigenvalue weighted by Gasteiger charge is -2.12. The fraction of sp³-hybridized carbons (Fsp3) is 0.538. The largest absolute Gasteiger partial charge is 0.378 e. The van der Waals surface area contributed by atoms with Gasteiger partial charge in [0.25, 0.3) is 0 Å². The zero-order valence-electron chi connectivity index (χ0n) is 11.1. The summed E-state index contributed by atoms with van der Waals surface area (Å²) in [5.74, 6) is 0. The van der Waals surface area contributed by atoms with Gasteiger partial charge in [0.2, 0.25) is 10.0 Å². The summed E-state index contributed by atoms with van der Waals surface area (Å²) in [6, 6.07) is 4.73. The van der Waals surface area contributed by atoms with Crippen LogP contribution in [0.25, 0.3) is 0 Å². The Balaban J connectivity index is 1.98. The summed E-state index contributed by atoms with van der Waals surface area (Å²) in [7, 11) is -3.59. The van der Waals surface area contributed by atoms with Gasteiger partial charge in [0.1, 0.15) is 4.90 Å². The lowest BCUT2D eigenvalue weighted by atomic mass is 10.2. The Hall–Kier alpha value is -0.660. The van der Waals surface area contributed by atoms with Gasteiger partial charge in [-0.25, -0.2) is 13.1 Å². The van der Waals surface area contributed by atoms with Crippen molar-refractivity contribution in [2.45, 2.75) is 36.8 Å². The normalized spacial score (nSPS) is 19.4. The van der Waals surface area contributed by atoms with Gasteiger partial charge in [-0.1, -0.05) is 17.7 Å². The van der Waals surface area contributed by atoms with Gasteiger partial charge < -0.3 is 10.5 Å². The molecule has 3 N–H and O–H groups in total. The van der Waals surface area contributed by atoms with Crippen molar-refractivity contribution in [2.75, 3.05) is 13.2 Å². The minimum absolute atomic E-state index is 0.0868. The number of halogens is 1. The quantitative estimate of drug-likeness (QED) is 0.835. The molecule has 112 valence electrons. The Morgan fingerprint density at radius 3 is 2.85 bits per heavy atom. The van der Waals surface area contributed by atoms with E-state index in [2.05, 4.69) is 4.72 Å². The number of nitrogens with one attached hydrogen (secondary N) is 1. The molecule has 1 aromatic rings. The molecule has 2 rings (SSSR count). The third-order valence-electron chi connectivity index (χ3n) is 3.30. The molecule has 0 spiro atoms. The molecule has 1 aliphatic heterocycles. The van der Waals surface area contributed by atoms with Crippen LogP contribution in [-0.4, -0.2) is 27.7 Å². The van der Waals surface area contributed by atoms with Crippen LogP contribution in [0.5, 0.6) is 0 Å². The van der Waals surface area contributed by atoms with E-state index in [4.69, 9.17) is 22.1 Å². The van der Waals surface area contributed by atoms with Crippen molar-refractivity contribution in [2.24, 2.45) is 5.73 Å². The Bertz CT molecular complexity index is 557. The first kappa shape index (κ1) is 15.7. The molecule has 20 heavy (non-hydrogen) atoms. The highest BCUT2D eigenvalue weighted by molar-refractivity contribution is 7.89. The van der Waals surface area contributed by atoms with Crippen LogP contribution in [0.2, 0.25) is 5.02 Å². The number of benzene rings is 1. The van der Waals surface area contributed by atoms with Crippen molar-refractivity contribution < 1.29 is 13.2 Å². The second-order valence-corrected chi connectivity index (χ2v) is 6.93. The van der Waals surface area contributed by atoms with Crippen molar-refractivity contribution in [1.82, 2.24) is 4.72 Å². The van der Waals surface area contributed by atoms with E-state index in [0.29, 0.717) is 19.5 Å². The third-order valence-corrected chi connectivity index (χ3v) is 5.25. The second-order valence-electron chi connectivity index (χ2n) is 4.79. The molecular formula is C13H19ClN2O3S. The average molecular weight is 319 g/mol. The van der Waals surface area contributed by atoms with Crippen molar-refractivity contribution in [1.29, 1.82) is 0 Å². The SMILES string of the molecule is NCc1ccc(S(=O)(=O)NCCC2CCCO2)c(Cl)c1. The number of ether oxygens (including phenoxy) is 1. The molecular weight excluding hydrogens is 300 g/mol. The summed E-state index contributed by atoms with van der Waals surface area (Å²) in [5.41, 5.74) is 6.29. The maximum atomic E-state index is 12.2. The van der Waals surface area contributed by atoms with E-state index in [1.807, 2.05) is 0 Å². The van der Waals surface area contributed by atoms with Crippen LogP contribution in [0.1, 0.15) is 24.8 Å². The fourth-order valence-corrected chi connectivity index (χ4v) is 3.81. The predicted octanol–water partition coefficient (Wildman–Crippen LogP) is 1.65. The van der Waals surface area contributed by atoms with Gasteiger partial charge in [-0.3, -0.25) is 0 Å². The summed E-state index contributed by atoms with van der Waals surface area (Å²) in [4.78, 5) is 0.0868. The van der Waals surface area contributed by atoms with Crippen molar-refractivity contribution >= 4 is 21.6 Å². The summed E-state index contributed by atoms with van der Waals surface area (Å²) in [6.45, 7) is 1.44. The lowest BCUT2D eigenvalue weighted by Crippen LogP contribution is -2.27. The summed E-state index contributed by atoms with van der Waals surface area (Å²) < 4.78 is 32.3. The minimum Gasteiger partial charge on any atom is -0.378 e. The van der Waals surface area contributed by atoms with E-state index in [0.717, 1.165) is 25.0 Å². The van der Waals surface area contributed by atoms with Crippen LogP contribution in [0.15, 0.2) is 23.1 Å². The molecule has 0 saturated carbocycles. The van der Waals surface area contributed by atoms with E-state index in [1.165, 1.54) is 6.07 Å². The molecule has 1 aromatic carbocycles. The predicted molar refractivity (Wildman–Crippen MR) is 78.1 cm³/mol. The highest BCUT2D eigenvalue weighted by Crippen LogP contribution is 2.22. The molecule has 0 aromatic heterocycles. The molecule has 0 aliphatic carbocycles. The third kappa shape index (κ3) is 3.93. The molecule has 1 heterocycles. The lowest BCUT2D eigenvalue weighted by molar-refractivity contribution is 0.105. The van der Waals surface area contributed by atoms with Crippen LogP contribution in [0.3, 0.4) is 0 Å². The Morgan fingerprint density at radius 1 is 1.45 bits per heavy atom. The number of rotatable bonds is 6. The van der Waals surface area contributed by atoms with Crippen molar-refractivity contribution in [3.05, 3.63) is 28.8 Å². The molecule has 1 aliphatic rings. The molecule has 1 saturated heterocycles. The number of hydrogen-bond donors (Lipinski definition) is 2. The smallest absolute Gasteiger partial charge is 0.242 e. The first-order valence-corrected chi connectivity index (χ1v) is 8.49. The molecule has 0 radical (unpaired) electrons. The number of sulfonamides is 1. The van der Waals surface area contributed by atoms with Gasteiger partial charge in [-0.05, 0) is 37.0 Å². The number of nitrogens with two attached hydrogens (primary N) is 1. The zero-order valence-corrected chi connectivity index (χ0v) is 12.7. The molecule has 1 fully saturated rings. The van der Waals surface area contributed by atoms with Gasteiger partial charge in [-0.2, -0.15) is 0 Å². The fourth-order valence-electron chi connectivity index (χ4n) is 2.19. The maximum absolute atomic E-state index is 12.2. The Labute approximate surface area is 124 Å². The van der Waals surface area contributed by atoms with E-state index in [1.54, 1.807) is 12.1 Å². The van der Waals surface area contributed by atoms with Crippen molar-refractivity contribution in [3.63, 3.8) is 0 Å². The minimum atomic E-state index is -3.59.